The zero-order valence-electron chi connectivity index (χ0n) is 10.4. The Hall–Kier alpha value is -2.30. The van der Waals surface area contributed by atoms with Gasteiger partial charge in [-0.1, -0.05) is 17.3 Å². The van der Waals surface area contributed by atoms with Crippen LogP contribution in [0.4, 0.5) is 0 Å². The van der Waals surface area contributed by atoms with Gasteiger partial charge in [-0.2, -0.15) is 0 Å². The third kappa shape index (κ3) is 2.07. The van der Waals surface area contributed by atoms with Crippen molar-refractivity contribution in [3.8, 4) is 11.5 Å². The molecular formula is C13H13NO4. The SMILES string of the molecule is COc1cccc(/C=C2\C(=O)ON=C2C)c1OC. The van der Waals surface area contributed by atoms with E-state index >= 15 is 0 Å². The first-order valence-electron chi connectivity index (χ1n) is 5.36. The highest BCUT2D eigenvalue weighted by atomic mass is 16.7. The lowest BCUT2D eigenvalue weighted by atomic mass is 10.1. The summed E-state index contributed by atoms with van der Waals surface area (Å²) in [6.45, 7) is 1.71. The molecule has 1 aliphatic rings. The highest BCUT2D eigenvalue weighted by Crippen LogP contribution is 2.32. The number of benzene rings is 1. The Bertz CT molecular complexity index is 546. The van der Waals surface area contributed by atoms with Gasteiger partial charge in [0.05, 0.1) is 25.5 Å². The summed E-state index contributed by atoms with van der Waals surface area (Å²) in [5, 5.41) is 3.62. The lowest BCUT2D eigenvalue weighted by Gasteiger charge is -2.10. The fraction of sp³-hybridized carbons (Fsp3) is 0.231. The molecule has 0 aliphatic carbocycles. The molecule has 18 heavy (non-hydrogen) atoms. The van der Waals surface area contributed by atoms with E-state index in [0.29, 0.717) is 22.8 Å². The number of nitrogens with zero attached hydrogens (tertiary/aromatic N) is 1. The van der Waals surface area contributed by atoms with Crippen LogP contribution in [0, 0.1) is 0 Å². The van der Waals surface area contributed by atoms with Gasteiger partial charge in [-0.15, -0.1) is 0 Å². The Morgan fingerprint density at radius 3 is 2.61 bits per heavy atom. The van der Waals surface area contributed by atoms with Gasteiger partial charge in [0, 0.05) is 5.56 Å². The topological polar surface area (TPSA) is 57.1 Å². The Balaban J connectivity index is 2.49. The normalized spacial score (nSPS) is 16.5. The quantitative estimate of drug-likeness (QED) is 0.605. The molecule has 0 aromatic heterocycles. The van der Waals surface area contributed by atoms with Gasteiger partial charge in [0.1, 0.15) is 0 Å². The summed E-state index contributed by atoms with van der Waals surface area (Å²) < 4.78 is 10.5. The average molecular weight is 247 g/mol. The molecule has 0 fully saturated rings. The number of carbonyl (C=O) groups is 1. The second kappa shape index (κ2) is 4.91. The van der Waals surface area contributed by atoms with E-state index in [-0.39, 0.29) is 0 Å². The van der Waals surface area contributed by atoms with Crippen LogP contribution in [0.25, 0.3) is 6.08 Å². The molecule has 1 aromatic rings. The molecule has 0 unspecified atom stereocenters. The summed E-state index contributed by atoms with van der Waals surface area (Å²) in [6, 6.07) is 5.43. The molecule has 1 aliphatic heterocycles. The van der Waals surface area contributed by atoms with Crippen LogP contribution in [-0.4, -0.2) is 25.9 Å². The minimum Gasteiger partial charge on any atom is -0.493 e. The lowest BCUT2D eigenvalue weighted by molar-refractivity contribution is -0.136. The molecule has 0 spiro atoms. The monoisotopic (exact) mass is 247 g/mol. The maximum absolute atomic E-state index is 11.5. The Morgan fingerprint density at radius 1 is 1.28 bits per heavy atom. The van der Waals surface area contributed by atoms with Crippen LogP contribution in [0.3, 0.4) is 0 Å². The molecule has 0 radical (unpaired) electrons. The zero-order valence-corrected chi connectivity index (χ0v) is 10.4. The predicted octanol–water partition coefficient (Wildman–Crippen LogP) is 2.02. The molecule has 0 saturated carbocycles. The first kappa shape index (κ1) is 12.2. The maximum Gasteiger partial charge on any atom is 0.367 e. The molecule has 0 N–H and O–H groups in total. The molecule has 0 bridgehead atoms. The van der Waals surface area contributed by atoms with Gasteiger partial charge in [-0.3, -0.25) is 0 Å². The number of oxime groups is 1. The summed E-state index contributed by atoms with van der Waals surface area (Å²) in [4.78, 5) is 16.1. The summed E-state index contributed by atoms with van der Waals surface area (Å²) in [7, 11) is 3.11. The van der Waals surface area contributed by atoms with Crippen molar-refractivity contribution in [2.45, 2.75) is 6.92 Å². The van der Waals surface area contributed by atoms with Crippen molar-refractivity contribution >= 4 is 17.8 Å². The Labute approximate surface area is 105 Å². The van der Waals surface area contributed by atoms with Crippen molar-refractivity contribution < 1.29 is 19.1 Å². The molecule has 1 heterocycles. The molecule has 0 atom stereocenters. The predicted molar refractivity (Wildman–Crippen MR) is 66.7 cm³/mol. The summed E-state index contributed by atoms with van der Waals surface area (Å²) >= 11 is 0. The number of hydrogen-bond acceptors (Lipinski definition) is 5. The first-order valence-corrected chi connectivity index (χ1v) is 5.36. The number of para-hydroxylation sites is 1. The molecule has 1 aromatic carbocycles. The maximum atomic E-state index is 11.5. The minimum atomic E-state index is -0.461. The van der Waals surface area contributed by atoms with Gasteiger partial charge in [0.25, 0.3) is 0 Å². The van der Waals surface area contributed by atoms with Crippen LogP contribution >= 0.6 is 0 Å². The van der Waals surface area contributed by atoms with Crippen molar-refractivity contribution in [1.82, 2.24) is 0 Å². The number of hydrogen-bond donors (Lipinski definition) is 0. The average Bonchev–Trinajstić information content (AvgIpc) is 2.70. The van der Waals surface area contributed by atoms with Gasteiger partial charge in [0.2, 0.25) is 0 Å². The second-order valence-corrected chi connectivity index (χ2v) is 3.70. The number of methoxy groups -OCH3 is 2. The van der Waals surface area contributed by atoms with E-state index in [2.05, 4.69) is 9.99 Å². The fourth-order valence-electron chi connectivity index (χ4n) is 1.70. The van der Waals surface area contributed by atoms with Gasteiger partial charge >= 0.3 is 5.97 Å². The van der Waals surface area contributed by atoms with Gasteiger partial charge < -0.3 is 14.3 Å². The van der Waals surface area contributed by atoms with E-state index in [1.54, 1.807) is 33.3 Å². The molecule has 2 rings (SSSR count). The largest absolute Gasteiger partial charge is 0.493 e. The van der Waals surface area contributed by atoms with Crippen LogP contribution < -0.4 is 9.47 Å². The number of ether oxygens (including phenoxy) is 2. The highest BCUT2D eigenvalue weighted by molar-refractivity contribution is 6.24. The van der Waals surface area contributed by atoms with Crippen LogP contribution in [0.1, 0.15) is 12.5 Å². The smallest absolute Gasteiger partial charge is 0.367 e. The standard InChI is InChI=1S/C13H13NO4/c1-8-10(13(15)18-14-8)7-9-5-4-6-11(16-2)12(9)17-3/h4-7H,1-3H3/b10-7-. The van der Waals surface area contributed by atoms with Crippen molar-refractivity contribution in [2.24, 2.45) is 5.16 Å². The summed E-state index contributed by atoms with van der Waals surface area (Å²) in [5.41, 5.74) is 1.70. The third-order valence-electron chi connectivity index (χ3n) is 2.61. The third-order valence-corrected chi connectivity index (χ3v) is 2.61. The van der Waals surface area contributed by atoms with E-state index in [4.69, 9.17) is 9.47 Å². The van der Waals surface area contributed by atoms with E-state index in [9.17, 15) is 4.79 Å². The van der Waals surface area contributed by atoms with E-state index < -0.39 is 5.97 Å². The van der Waals surface area contributed by atoms with Gasteiger partial charge in [-0.05, 0) is 19.1 Å². The van der Waals surface area contributed by atoms with Crippen molar-refractivity contribution in [2.75, 3.05) is 14.2 Å². The van der Waals surface area contributed by atoms with Gasteiger partial charge in [0.15, 0.2) is 11.5 Å². The molecule has 94 valence electrons. The summed E-state index contributed by atoms with van der Waals surface area (Å²) in [5.74, 6) is 0.713. The zero-order chi connectivity index (χ0) is 13.1. The van der Waals surface area contributed by atoms with Gasteiger partial charge in [-0.25, -0.2) is 4.79 Å². The first-order chi connectivity index (χ1) is 8.67. The number of rotatable bonds is 3. The highest BCUT2D eigenvalue weighted by Gasteiger charge is 2.22. The van der Waals surface area contributed by atoms with Crippen LogP contribution in [-0.2, 0) is 9.63 Å². The Morgan fingerprint density at radius 2 is 2.06 bits per heavy atom. The lowest BCUT2D eigenvalue weighted by Crippen LogP contribution is -2.02. The van der Waals surface area contributed by atoms with E-state index in [0.717, 1.165) is 5.56 Å². The molecular weight excluding hydrogens is 234 g/mol. The van der Waals surface area contributed by atoms with Crippen molar-refractivity contribution in [3.05, 3.63) is 29.3 Å². The molecule has 0 saturated heterocycles. The molecule has 5 nitrogen and oxygen atoms in total. The fourth-order valence-corrected chi connectivity index (χ4v) is 1.70. The van der Waals surface area contributed by atoms with E-state index in [1.807, 2.05) is 12.1 Å². The molecule has 5 heteroatoms. The minimum absolute atomic E-state index is 0.418. The van der Waals surface area contributed by atoms with Crippen molar-refractivity contribution in [1.29, 1.82) is 0 Å². The number of carbonyl (C=O) groups excluding carboxylic acids is 1. The van der Waals surface area contributed by atoms with Crippen LogP contribution in [0.15, 0.2) is 28.9 Å². The summed E-state index contributed by atoms with van der Waals surface area (Å²) in [6.07, 6.45) is 1.68. The van der Waals surface area contributed by atoms with Crippen LogP contribution in [0.5, 0.6) is 11.5 Å². The van der Waals surface area contributed by atoms with Crippen LogP contribution in [0.2, 0.25) is 0 Å². The second-order valence-electron chi connectivity index (χ2n) is 3.70. The Kier molecular flexibility index (Phi) is 3.32. The van der Waals surface area contributed by atoms with Crippen molar-refractivity contribution in [3.63, 3.8) is 0 Å². The molecule has 0 amide bonds. The van der Waals surface area contributed by atoms with E-state index in [1.165, 1.54) is 0 Å².